The van der Waals surface area contributed by atoms with Gasteiger partial charge in [0, 0.05) is 36.8 Å². The predicted molar refractivity (Wildman–Crippen MR) is 107 cm³/mol. The molecule has 1 aromatic carbocycles. The Labute approximate surface area is 166 Å². The smallest absolute Gasteiger partial charge is 0.331 e. The molecule has 0 aliphatic carbocycles. The lowest BCUT2D eigenvalue weighted by Gasteiger charge is -2.39. The van der Waals surface area contributed by atoms with Crippen LogP contribution in [0.2, 0.25) is 0 Å². The molecule has 1 saturated heterocycles. The number of benzene rings is 1. The summed E-state index contributed by atoms with van der Waals surface area (Å²) in [5.74, 6) is -0.770. The summed E-state index contributed by atoms with van der Waals surface area (Å²) in [4.78, 5) is 26.0. The van der Waals surface area contributed by atoms with Crippen LogP contribution in [0.3, 0.4) is 0 Å². The van der Waals surface area contributed by atoms with Gasteiger partial charge in [-0.2, -0.15) is 5.10 Å². The maximum Gasteiger partial charge on any atom is 0.331 e. The number of ketones is 1. The Balaban J connectivity index is 1.74. The van der Waals surface area contributed by atoms with Crippen LogP contribution in [-0.2, 0) is 22.3 Å². The van der Waals surface area contributed by atoms with Crippen molar-refractivity contribution in [1.29, 1.82) is 0 Å². The molecular weight excluding hydrogens is 354 g/mol. The van der Waals surface area contributed by atoms with Gasteiger partial charge in [0.05, 0.1) is 5.69 Å². The average molecular weight is 383 g/mol. The van der Waals surface area contributed by atoms with Crippen molar-refractivity contribution >= 4 is 11.8 Å². The van der Waals surface area contributed by atoms with Crippen LogP contribution in [0.5, 0.6) is 0 Å². The first-order valence-corrected chi connectivity index (χ1v) is 9.74. The first-order chi connectivity index (χ1) is 13.1. The second-order valence-electron chi connectivity index (χ2n) is 8.76. The number of nitrogens with zero attached hydrogens (tertiary/aromatic N) is 3. The highest BCUT2D eigenvalue weighted by molar-refractivity contribution is 5.94. The van der Waals surface area contributed by atoms with E-state index in [0.717, 1.165) is 11.3 Å². The minimum atomic E-state index is -0.999. The van der Waals surface area contributed by atoms with Crippen molar-refractivity contribution in [3.05, 3.63) is 53.3 Å². The lowest BCUT2D eigenvalue weighted by atomic mass is 9.87. The van der Waals surface area contributed by atoms with Gasteiger partial charge < -0.3 is 5.11 Å². The molecular formula is C22H29N3O3. The molecule has 1 fully saturated rings. The predicted octanol–water partition coefficient (Wildman–Crippen LogP) is 3.46. The number of aromatic nitrogens is 2. The summed E-state index contributed by atoms with van der Waals surface area (Å²) in [6, 6.07) is 9.57. The lowest BCUT2D eigenvalue weighted by Crippen LogP contribution is -2.51. The van der Waals surface area contributed by atoms with Crippen LogP contribution in [-0.4, -0.2) is 44.6 Å². The molecule has 0 unspecified atom stereocenters. The minimum absolute atomic E-state index is 0.0544. The number of carboxylic acids is 1. The third-order valence-electron chi connectivity index (χ3n) is 5.62. The number of Topliss-reactive ketones (excluding diaryl/α,β-unsaturated/α-hetero) is 1. The second-order valence-corrected chi connectivity index (χ2v) is 8.76. The minimum Gasteiger partial charge on any atom is -0.479 e. The third kappa shape index (κ3) is 4.02. The Morgan fingerprint density at radius 2 is 1.86 bits per heavy atom. The zero-order valence-corrected chi connectivity index (χ0v) is 17.1. The number of carbonyl (C=O) groups is 2. The molecule has 0 atom stereocenters. The molecule has 28 heavy (non-hydrogen) atoms. The molecule has 1 aliphatic heterocycles. The van der Waals surface area contributed by atoms with E-state index in [4.69, 9.17) is 0 Å². The van der Waals surface area contributed by atoms with Gasteiger partial charge in [0.25, 0.3) is 0 Å². The van der Waals surface area contributed by atoms with E-state index in [-0.39, 0.29) is 11.2 Å². The van der Waals surface area contributed by atoms with E-state index in [2.05, 4.69) is 30.8 Å². The summed E-state index contributed by atoms with van der Waals surface area (Å²) in [6.45, 7) is 9.84. The van der Waals surface area contributed by atoms with Gasteiger partial charge in [0.1, 0.15) is 0 Å². The Hall–Kier alpha value is -2.47. The van der Waals surface area contributed by atoms with Crippen molar-refractivity contribution in [3.63, 3.8) is 0 Å². The lowest BCUT2D eigenvalue weighted by molar-refractivity contribution is -0.151. The number of likely N-dealkylation sites (tertiary alicyclic amines) is 1. The van der Waals surface area contributed by atoms with E-state index < -0.39 is 11.5 Å². The highest BCUT2D eigenvalue weighted by Crippen LogP contribution is 2.32. The van der Waals surface area contributed by atoms with Crippen molar-refractivity contribution in [2.45, 2.75) is 58.0 Å². The van der Waals surface area contributed by atoms with Gasteiger partial charge in [-0.1, -0.05) is 39.0 Å². The van der Waals surface area contributed by atoms with Crippen LogP contribution in [0.25, 0.3) is 0 Å². The van der Waals surface area contributed by atoms with Crippen molar-refractivity contribution in [1.82, 2.24) is 14.7 Å². The molecule has 1 N–H and O–H groups in total. The van der Waals surface area contributed by atoms with Crippen LogP contribution in [0.1, 0.15) is 62.2 Å². The van der Waals surface area contributed by atoms with Crippen LogP contribution in [0.4, 0.5) is 0 Å². The summed E-state index contributed by atoms with van der Waals surface area (Å²) in [5.41, 5.74) is 1.57. The molecule has 3 rings (SSSR count). The van der Waals surface area contributed by atoms with Gasteiger partial charge in [-0.25, -0.2) is 4.79 Å². The van der Waals surface area contributed by atoms with Gasteiger partial charge in [-0.3, -0.25) is 14.4 Å². The maximum absolute atomic E-state index is 12.2. The molecule has 2 heterocycles. The number of hydrogen-bond donors (Lipinski definition) is 1. The van der Waals surface area contributed by atoms with Gasteiger partial charge in [-0.05, 0) is 37.5 Å². The van der Waals surface area contributed by atoms with E-state index in [1.165, 1.54) is 0 Å². The SMILES string of the molecule is CC(=O)c1cccc(CN2CCC(C(=O)O)(n3ccc(C(C)(C)C)n3)CC2)c1. The van der Waals surface area contributed by atoms with Crippen molar-refractivity contribution < 1.29 is 14.7 Å². The number of carbonyl (C=O) groups excluding carboxylic acids is 1. The van der Waals surface area contributed by atoms with Crippen LogP contribution in [0, 0.1) is 0 Å². The Morgan fingerprint density at radius 1 is 1.18 bits per heavy atom. The summed E-state index contributed by atoms with van der Waals surface area (Å²) < 4.78 is 1.66. The molecule has 6 heteroatoms. The Morgan fingerprint density at radius 3 is 2.39 bits per heavy atom. The normalized spacial score (nSPS) is 17.4. The van der Waals surface area contributed by atoms with E-state index in [1.807, 2.05) is 30.3 Å². The third-order valence-corrected chi connectivity index (χ3v) is 5.62. The quantitative estimate of drug-likeness (QED) is 0.800. The highest BCUT2D eigenvalue weighted by Gasteiger charge is 2.44. The van der Waals surface area contributed by atoms with Crippen molar-refractivity contribution in [3.8, 4) is 0 Å². The number of carboxylic acid groups (broad SMARTS) is 1. The van der Waals surface area contributed by atoms with Gasteiger partial charge in [0.2, 0.25) is 0 Å². The number of piperidine rings is 1. The molecule has 0 bridgehead atoms. The second kappa shape index (κ2) is 7.51. The van der Waals surface area contributed by atoms with Gasteiger partial charge in [0.15, 0.2) is 11.3 Å². The molecule has 0 saturated carbocycles. The summed E-state index contributed by atoms with van der Waals surface area (Å²) in [6.07, 6.45) is 2.81. The van der Waals surface area contributed by atoms with Crippen LogP contribution in [0.15, 0.2) is 36.5 Å². The molecule has 2 aromatic rings. The summed E-state index contributed by atoms with van der Waals surface area (Å²) >= 11 is 0. The molecule has 0 spiro atoms. The van der Waals surface area contributed by atoms with Crippen molar-refractivity contribution in [2.75, 3.05) is 13.1 Å². The van der Waals surface area contributed by atoms with E-state index >= 15 is 0 Å². The molecule has 1 aromatic heterocycles. The molecule has 150 valence electrons. The van der Waals surface area contributed by atoms with E-state index in [1.54, 1.807) is 17.8 Å². The summed E-state index contributed by atoms with van der Waals surface area (Å²) in [5, 5.41) is 14.6. The standard InChI is InChI=1S/C22H29N3O3/c1-16(26)18-7-5-6-17(14-18)15-24-12-9-22(10-13-24,20(27)28)25-11-8-19(23-25)21(2,3)4/h5-8,11,14H,9-10,12-13,15H2,1-4H3,(H,27,28). The fourth-order valence-electron chi connectivity index (χ4n) is 3.73. The fourth-order valence-corrected chi connectivity index (χ4v) is 3.73. The van der Waals surface area contributed by atoms with Crippen LogP contribution < -0.4 is 0 Å². The van der Waals surface area contributed by atoms with E-state index in [9.17, 15) is 14.7 Å². The Kier molecular flexibility index (Phi) is 5.44. The van der Waals surface area contributed by atoms with Gasteiger partial charge >= 0.3 is 5.97 Å². The van der Waals surface area contributed by atoms with Crippen molar-refractivity contribution in [2.24, 2.45) is 0 Å². The number of aliphatic carboxylic acids is 1. The first kappa shape index (κ1) is 20.3. The number of rotatable bonds is 5. The van der Waals surface area contributed by atoms with E-state index in [0.29, 0.717) is 38.0 Å². The summed E-state index contributed by atoms with van der Waals surface area (Å²) in [7, 11) is 0. The zero-order chi connectivity index (χ0) is 20.5. The topological polar surface area (TPSA) is 75.4 Å². The highest BCUT2D eigenvalue weighted by atomic mass is 16.4. The fraction of sp³-hybridized carbons (Fsp3) is 0.500. The monoisotopic (exact) mass is 383 g/mol. The zero-order valence-electron chi connectivity index (χ0n) is 17.1. The average Bonchev–Trinajstić information content (AvgIpc) is 3.13. The largest absolute Gasteiger partial charge is 0.479 e. The van der Waals surface area contributed by atoms with Crippen LogP contribution >= 0.6 is 0 Å². The molecule has 1 aliphatic rings. The maximum atomic E-state index is 12.2. The molecule has 6 nitrogen and oxygen atoms in total. The number of hydrogen-bond acceptors (Lipinski definition) is 4. The molecule has 0 radical (unpaired) electrons. The Bertz CT molecular complexity index is 871. The van der Waals surface area contributed by atoms with Gasteiger partial charge in [-0.15, -0.1) is 0 Å². The molecule has 0 amide bonds. The first-order valence-electron chi connectivity index (χ1n) is 9.74.